The van der Waals surface area contributed by atoms with Crippen LogP contribution >= 0.6 is 19.2 Å². The molecule has 0 saturated heterocycles. The Labute approximate surface area is 177 Å². The second-order valence-corrected chi connectivity index (χ2v) is 9.53. The number of nitrogens with zero attached hydrogens (tertiary/aromatic N) is 1. The van der Waals surface area contributed by atoms with Crippen molar-refractivity contribution in [2.24, 2.45) is 0 Å². The lowest BCUT2D eigenvalue weighted by Crippen LogP contribution is -2.49. The average molecular weight is 445 g/mol. The summed E-state index contributed by atoms with van der Waals surface area (Å²) in [5.74, 6) is -2.55. The summed E-state index contributed by atoms with van der Waals surface area (Å²) >= 11 is 6.04. The maximum Gasteiger partial charge on any atom is 0.351 e. The molecule has 30 heavy (non-hydrogen) atoms. The minimum Gasteiger partial charge on any atom is -0.397 e. The van der Waals surface area contributed by atoms with Crippen LogP contribution in [0.25, 0.3) is 10.9 Å². The minimum atomic E-state index is -5.27. The van der Waals surface area contributed by atoms with Crippen LogP contribution in [0.3, 0.4) is 0 Å². The lowest BCUT2D eigenvalue weighted by atomic mass is 9.72. The second-order valence-electron chi connectivity index (χ2n) is 7.33. The highest BCUT2D eigenvalue weighted by Gasteiger charge is 2.63. The number of ketones is 2. The van der Waals surface area contributed by atoms with Crippen LogP contribution in [-0.4, -0.2) is 26.3 Å². The van der Waals surface area contributed by atoms with Gasteiger partial charge in [-0.05, 0) is 36.2 Å². The van der Waals surface area contributed by atoms with Crippen LogP contribution in [0.15, 0.2) is 54.7 Å². The fraction of sp³-hybridized carbons (Fsp3) is 0.190. The van der Waals surface area contributed by atoms with Crippen molar-refractivity contribution >= 4 is 47.4 Å². The molecule has 2 aromatic carbocycles. The molecule has 0 spiro atoms. The number of benzene rings is 2. The van der Waals surface area contributed by atoms with Crippen LogP contribution in [0.2, 0.25) is 5.02 Å². The summed E-state index contributed by atoms with van der Waals surface area (Å²) in [5, 5.41) is -1.75. The summed E-state index contributed by atoms with van der Waals surface area (Å²) in [6.07, 6.45) is 1.14. The maximum absolute atomic E-state index is 13.6. The predicted molar refractivity (Wildman–Crippen MR) is 113 cm³/mol. The summed E-state index contributed by atoms with van der Waals surface area (Å²) in [6, 6.07) is 12.9. The first-order chi connectivity index (χ1) is 14.2. The number of halogens is 1. The van der Waals surface area contributed by atoms with E-state index in [1.807, 2.05) is 0 Å². The number of carbonyl (C=O) groups is 2. The average Bonchev–Trinajstić information content (AvgIpc) is 2.67. The van der Waals surface area contributed by atoms with Gasteiger partial charge in [0, 0.05) is 34.5 Å². The van der Waals surface area contributed by atoms with E-state index in [-0.39, 0.29) is 18.4 Å². The zero-order valence-electron chi connectivity index (χ0n) is 15.7. The zero-order chi connectivity index (χ0) is 21.7. The fourth-order valence-electron chi connectivity index (χ4n) is 4.18. The third kappa shape index (κ3) is 3.06. The Morgan fingerprint density at radius 1 is 1.13 bits per heavy atom. The Morgan fingerprint density at radius 2 is 1.87 bits per heavy atom. The van der Waals surface area contributed by atoms with Crippen molar-refractivity contribution < 1.29 is 23.9 Å². The number of anilines is 1. The number of para-hydroxylation sites is 1. The number of hydrogen-bond acceptors (Lipinski definition) is 5. The molecule has 4 N–H and O–H groups in total. The summed E-state index contributed by atoms with van der Waals surface area (Å²) in [5.41, 5.74) is 7.09. The van der Waals surface area contributed by atoms with E-state index in [9.17, 15) is 23.9 Å². The van der Waals surface area contributed by atoms with Crippen molar-refractivity contribution in [1.29, 1.82) is 0 Å². The van der Waals surface area contributed by atoms with Gasteiger partial charge >= 0.3 is 7.60 Å². The molecule has 1 fully saturated rings. The van der Waals surface area contributed by atoms with Gasteiger partial charge in [-0.15, -0.1) is 0 Å². The highest BCUT2D eigenvalue weighted by Crippen LogP contribution is 2.62. The SMILES string of the molecule is Nc1cccc2cc(C3(P(=O)(O)O)C(=O)CC[C@@H](c4cccc(Cl)c4)C3=O)cnc12. The number of nitrogens with two attached hydrogens (primary N) is 1. The topological polar surface area (TPSA) is 131 Å². The molecule has 3 aromatic rings. The van der Waals surface area contributed by atoms with Crippen LogP contribution in [0.1, 0.15) is 29.9 Å². The largest absolute Gasteiger partial charge is 0.397 e. The third-order valence-electron chi connectivity index (χ3n) is 5.58. The van der Waals surface area contributed by atoms with Crippen molar-refractivity contribution in [2.75, 3.05) is 5.73 Å². The summed E-state index contributed by atoms with van der Waals surface area (Å²) in [6.45, 7) is 0. The molecule has 1 aliphatic rings. The van der Waals surface area contributed by atoms with Crippen molar-refractivity contribution in [3.63, 3.8) is 0 Å². The van der Waals surface area contributed by atoms with Gasteiger partial charge in [-0.2, -0.15) is 0 Å². The number of Topliss-reactive ketones (excluding diaryl/α,β-unsaturated/α-hetero) is 2. The molecule has 1 unspecified atom stereocenters. The monoisotopic (exact) mass is 444 g/mol. The Balaban J connectivity index is 1.96. The number of nitrogen functional groups attached to an aromatic ring is 1. The number of aromatic nitrogens is 1. The first-order valence-electron chi connectivity index (χ1n) is 9.19. The van der Waals surface area contributed by atoms with E-state index in [4.69, 9.17) is 17.3 Å². The molecule has 0 bridgehead atoms. The number of pyridine rings is 1. The highest BCUT2D eigenvalue weighted by atomic mass is 35.5. The van der Waals surface area contributed by atoms with Crippen molar-refractivity contribution in [1.82, 2.24) is 4.98 Å². The molecule has 154 valence electrons. The molecular weight excluding hydrogens is 427 g/mol. The molecule has 1 aromatic heterocycles. The molecule has 2 atom stereocenters. The van der Waals surface area contributed by atoms with Crippen LogP contribution < -0.4 is 5.73 Å². The molecule has 4 rings (SSSR count). The van der Waals surface area contributed by atoms with Gasteiger partial charge in [0.1, 0.15) is 0 Å². The second kappa shape index (κ2) is 7.29. The number of rotatable bonds is 3. The lowest BCUT2D eigenvalue weighted by Gasteiger charge is -2.38. The van der Waals surface area contributed by atoms with Crippen LogP contribution in [0.4, 0.5) is 5.69 Å². The summed E-state index contributed by atoms with van der Waals surface area (Å²) in [4.78, 5) is 51.5. The normalized spacial score (nSPS) is 22.4. The maximum atomic E-state index is 13.6. The molecule has 0 amide bonds. The van der Waals surface area contributed by atoms with Gasteiger partial charge in [0.25, 0.3) is 0 Å². The van der Waals surface area contributed by atoms with Gasteiger partial charge in [0.2, 0.25) is 5.16 Å². The highest BCUT2D eigenvalue weighted by molar-refractivity contribution is 7.55. The smallest absolute Gasteiger partial charge is 0.351 e. The Kier molecular flexibility index (Phi) is 5.03. The Bertz CT molecular complexity index is 1240. The van der Waals surface area contributed by atoms with Gasteiger partial charge in [-0.3, -0.25) is 19.1 Å². The van der Waals surface area contributed by atoms with Crippen molar-refractivity contribution in [2.45, 2.75) is 23.9 Å². The minimum absolute atomic E-state index is 0.129. The molecule has 0 radical (unpaired) electrons. The molecule has 1 heterocycles. The van der Waals surface area contributed by atoms with Crippen molar-refractivity contribution in [3.05, 3.63) is 70.9 Å². The van der Waals surface area contributed by atoms with Gasteiger partial charge < -0.3 is 15.5 Å². The number of carbonyl (C=O) groups excluding carboxylic acids is 2. The van der Waals surface area contributed by atoms with E-state index >= 15 is 0 Å². The van der Waals surface area contributed by atoms with Crippen LogP contribution in [-0.2, 0) is 19.3 Å². The van der Waals surface area contributed by atoms with E-state index in [1.54, 1.807) is 42.5 Å². The quantitative estimate of drug-likeness (QED) is 0.320. The fourth-order valence-corrected chi connectivity index (χ4v) is 5.72. The van der Waals surface area contributed by atoms with Gasteiger partial charge in [0.15, 0.2) is 11.6 Å². The van der Waals surface area contributed by atoms with E-state index in [0.717, 1.165) is 6.20 Å². The number of hydrogen-bond donors (Lipinski definition) is 3. The molecule has 9 heteroatoms. The lowest BCUT2D eigenvalue weighted by molar-refractivity contribution is -0.136. The molecule has 0 aliphatic heterocycles. The van der Waals surface area contributed by atoms with Crippen molar-refractivity contribution in [3.8, 4) is 0 Å². The predicted octanol–water partition coefficient (Wildman–Crippen LogP) is 3.56. The van der Waals surface area contributed by atoms with Gasteiger partial charge in [-0.25, -0.2) is 0 Å². The summed E-state index contributed by atoms with van der Waals surface area (Å²) < 4.78 is 12.8. The summed E-state index contributed by atoms with van der Waals surface area (Å²) in [7, 11) is -5.27. The molecular formula is C21H18ClN2O5P. The van der Waals surface area contributed by atoms with E-state index in [0.29, 0.717) is 27.2 Å². The molecule has 1 saturated carbocycles. The molecule has 7 nitrogen and oxygen atoms in total. The van der Waals surface area contributed by atoms with Gasteiger partial charge in [-0.1, -0.05) is 35.9 Å². The first-order valence-corrected chi connectivity index (χ1v) is 11.2. The van der Waals surface area contributed by atoms with E-state index in [1.165, 1.54) is 6.07 Å². The van der Waals surface area contributed by atoms with E-state index in [2.05, 4.69) is 4.98 Å². The standard InChI is InChI=1S/C21H18ClN2O5P/c22-15-5-1-3-12(10-15)16-7-8-18(25)21(20(16)26,30(27,28)29)14-9-13-4-2-6-17(23)19(13)24-11-14/h1-6,9-11,16H,7-8,23H2,(H2,27,28,29)/t16-,21?/m0/s1. The number of fused-ring (bicyclic) bond motifs is 1. The van der Waals surface area contributed by atoms with E-state index < -0.39 is 30.2 Å². The Morgan fingerprint density at radius 3 is 2.57 bits per heavy atom. The first kappa shape index (κ1) is 20.7. The Hall–Kier alpha value is -2.57. The van der Waals surface area contributed by atoms with Crippen LogP contribution in [0.5, 0.6) is 0 Å². The third-order valence-corrected chi connectivity index (χ3v) is 7.42. The van der Waals surface area contributed by atoms with Crippen LogP contribution in [0, 0.1) is 0 Å². The van der Waals surface area contributed by atoms with Gasteiger partial charge in [0.05, 0.1) is 11.2 Å². The zero-order valence-corrected chi connectivity index (χ0v) is 17.3. The molecule has 1 aliphatic carbocycles.